The van der Waals surface area contributed by atoms with Crippen molar-refractivity contribution < 1.29 is 9.47 Å². The summed E-state index contributed by atoms with van der Waals surface area (Å²) in [5, 5.41) is 5.13. The Kier molecular flexibility index (Phi) is 4.75. The molecule has 1 fully saturated rings. The van der Waals surface area contributed by atoms with E-state index in [2.05, 4.69) is 24.3 Å². The summed E-state index contributed by atoms with van der Waals surface area (Å²) in [6.45, 7) is 2.48. The Morgan fingerprint density at radius 1 is 1.24 bits per heavy atom. The number of nitrogens with zero attached hydrogens (tertiary/aromatic N) is 6. The van der Waals surface area contributed by atoms with Crippen LogP contribution >= 0.6 is 11.5 Å². The molecule has 0 bridgehead atoms. The van der Waals surface area contributed by atoms with E-state index >= 15 is 0 Å². The minimum atomic E-state index is 0.176. The number of ether oxygens (including phenoxy) is 2. The molecule has 25 heavy (non-hydrogen) atoms. The highest BCUT2D eigenvalue weighted by molar-refractivity contribution is 7.09. The number of hydrogen-bond donors (Lipinski definition) is 0. The molecular weight excluding hydrogens is 340 g/mol. The zero-order valence-electron chi connectivity index (χ0n) is 14.0. The molecule has 4 rings (SSSR count). The fraction of sp³-hybridized carbons (Fsp3) is 0.500. The van der Waals surface area contributed by atoms with Crippen LogP contribution in [0.3, 0.4) is 0 Å². The van der Waals surface area contributed by atoms with E-state index in [1.807, 2.05) is 18.3 Å². The summed E-state index contributed by atoms with van der Waals surface area (Å²) in [6.07, 6.45) is 6.42. The summed E-state index contributed by atoms with van der Waals surface area (Å²) >= 11 is 1.46. The van der Waals surface area contributed by atoms with Crippen molar-refractivity contribution in [3.05, 3.63) is 30.4 Å². The van der Waals surface area contributed by atoms with Crippen LogP contribution in [0.4, 0.5) is 5.13 Å². The third-order valence-electron chi connectivity index (χ3n) is 4.22. The van der Waals surface area contributed by atoms with Gasteiger partial charge in [0, 0.05) is 69.3 Å². The van der Waals surface area contributed by atoms with Gasteiger partial charge in [-0.2, -0.15) is 14.5 Å². The lowest BCUT2D eigenvalue weighted by atomic mass is 10.1. The first-order valence-corrected chi connectivity index (χ1v) is 9.13. The van der Waals surface area contributed by atoms with Crippen LogP contribution in [0.1, 0.15) is 18.7 Å². The number of anilines is 1. The quantitative estimate of drug-likeness (QED) is 0.663. The van der Waals surface area contributed by atoms with Crippen molar-refractivity contribution in [3.8, 4) is 5.88 Å². The van der Waals surface area contributed by atoms with E-state index in [4.69, 9.17) is 9.47 Å². The van der Waals surface area contributed by atoms with Crippen molar-refractivity contribution in [1.29, 1.82) is 0 Å². The van der Waals surface area contributed by atoms with Gasteiger partial charge in [-0.3, -0.25) is 0 Å². The van der Waals surface area contributed by atoms with Crippen LogP contribution in [0.25, 0.3) is 5.65 Å². The predicted octanol–water partition coefficient (Wildman–Crippen LogP) is 1.82. The third-order valence-corrected chi connectivity index (χ3v) is 5.03. The Balaban J connectivity index is 1.32. The van der Waals surface area contributed by atoms with Gasteiger partial charge < -0.3 is 14.4 Å². The van der Waals surface area contributed by atoms with Crippen LogP contribution in [0.5, 0.6) is 5.88 Å². The molecule has 0 aliphatic carbocycles. The molecular formula is C16H20N6O2S. The minimum absolute atomic E-state index is 0.176. The lowest BCUT2D eigenvalue weighted by Gasteiger charge is -2.31. The molecule has 9 heteroatoms. The molecule has 132 valence electrons. The topological polar surface area (TPSA) is 77.7 Å². The zero-order valence-corrected chi connectivity index (χ0v) is 14.9. The van der Waals surface area contributed by atoms with Gasteiger partial charge in [0.25, 0.3) is 0 Å². The number of hydrogen-bond acceptors (Lipinski definition) is 8. The molecule has 3 aromatic heterocycles. The maximum atomic E-state index is 6.05. The van der Waals surface area contributed by atoms with Gasteiger partial charge in [-0.15, -0.1) is 0 Å². The van der Waals surface area contributed by atoms with Gasteiger partial charge in [0.05, 0.1) is 12.8 Å². The van der Waals surface area contributed by atoms with Crippen LogP contribution in [0.15, 0.2) is 24.5 Å². The van der Waals surface area contributed by atoms with Crippen molar-refractivity contribution in [2.24, 2.45) is 0 Å². The van der Waals surface area contributed by atoms with Crippen molar-refractivity contribution in [2.75, 3.05) is 31.7 Å². The smallest absolute Gasteiger partial charge is 0.217 e. The molecule has 0 unspecified atom stereocenters. The van der Waals surface area contributed by atoms with Crippen LogP contribution < -0.4 is 9.64 Å². The summed E-state index contributed by atoms with van der Waals surface area (Å²) in [7, 11) is 1.69. The molecule has 1 aliphatic rings. The van der Waals surface area contributed by atoms with Gasteiger partial charge in [-0.1, -0.05) is 0 Å². The van der Waals surface area contributed by atoms with Gasteiger partial charge in [0.15, 0.2) is 5.65 Å². The molecule has 1 saturated heterocycles. The average molecular weight is 360 g/mol. The first-order chi connectivity index (χ1) is 12.3. The highest BCUT2D eigenvalue weighted by Gasteiger charge is 2.23. The number of fused-ring (bicyclic) bond motifs is 1. The number of piperidine rings is 1. The largest absolute Gasteiger partial charge is 0.474 e. The van der Waals surface area contributed by atoms with E-state index in [0.717, 1.165) is 49.0 Å². The van der Waals surface area contributed by atoms with Gasteiger partial charge in [-0.05, 0) is 0 Å². The standard InChI is InChI=1S/C16H20N6O2S/c1-23-11-6-13-18-16(25-20-13)21-8-3-12(4-9-21)24-15-5-10-22-14(19-15)2-7-17-22/h2,5,7,10,12H,3-4,6,8-9,11H2,1H3. The average Bonchev–Trinajstić information content (AvgIpc) is 3.29. The zero-order chi connectivity index (χ0) is 17.1. The molecule has 0 N–H and O–H groups in total. The van der Waals surface area contributed by atoms with Crippen molar-refractivity contribution in [2.45, 2.75) is 25.4 Å². The number of rotatable bonds is 6. The molecule has 0 radical (unpaired) electrons. The summed E-state index contributed by atoms with van der Waals surface area (Å²) in [5.41, 5.74) is 0.799. The SMILES string of the molecule is COCCc1nsc(N2CCC(Oc3ccn4nccc4n3)CC2)n1. The fourth-order valence-corrected chi connectivity index (χ4v) is 3.63. The van der Waals surface area contributed by atoms with E-state index in [-0.39, 0.29) is 6.10 Å². The second-order valence-corrected chi connectivity index (χ2v) is 6.67. The second kappa shape index (κ2) is 7.32. The van der Waals surface area contributed by atoms with E-state index in [1.165, 1.54) is 11.5 Å². The summed E-state index contributed by atoms with van der Waals surface area (Å²) < 4.78 is 17.3. The summed E-state index contributed by atoms with van der Waals surface area (Å²) in [4.78, 5) is 11.3. The maximum Gasteiger partial charge on any atom is 0.217 e. The predicted molar refractivity (Wildman–Crippen MR) is 94.3 cm³/mol. The van der Waals surface area contributed by atoms with Crippen molar-refractivity contribution >= 4 is 22.3 Å². The molecule has 0 saturated carbocycles. The van der Waals surface area contributed by atoms with Crippen LogP contribution in [-0.4, -0.2) is 56.9 Å². The Morgan fingerprint density at radius 2 is 2.12 bits per heavy atom. The fourth-order valence-electron chi connectivity index (χ4n) is 2.86. The Bertz CT molecular complexity index is 827. The third kappa shape index (κ3) is 3.72. The van der Waals surface area contributed by atoms with E-state index < -0.39 is 0 Å². The summed E-state index contributed by atoms with van der Waals surface area (Å²) in [5.74, 6) is 1.52. The van der Waals surface area contributed by atoms with Crippen molar-refractivity contribution in [3.63, 3.8) is 0 Å². The highest BCUT2D eigenvalue weighted by atomic mass is 32.1. The normalized spacial score (nSPS) is 15.8. The van der Waals surface area contributed by atoms with E-state index in [0.29, 0.717) is 12.5 Å². The molecule has 3 aromatic rings. The number of aromatic nitrogens is 5. The van der Waals surface area contributed by atoms with Gasteiger partial charge in [-0.25, -0.2) is 9.50 Å². The first-order valence-electron chi connectivity index (χ1n) is 8.35. The maximum absolute atomic E-state index is 6.05. The molecule has 4 heterocycles. The lowest BCUT2D eigenvalue weighted by Crippen LogP contribution is -2.38. The molecule has 0 aromatic carbocycles. The minimum Gasteiger partial charge on any atom is -0.474 e. The lowest BCUT2D eigenvalue weighted by molar-refractivity contribution is 0.164. The highest BCUT2D eigenvalue weighted by Crippen LogP contribution is 2.24. The Morgan fingerprint density at radius 3 is 2.96 bits per heavy atom. The Hall–Kier alpha value is -2.26. The molecule has 8 nitrogen and oxygen atoms in total. The van der Waals surface area contributed by atoms with E-state index in [9.17, 15) is 0 Å². The second-order valence-electron chi connectivity index (χ2n) is 5.94. The number of methoxy groups -OCH3 is 1. The molecule has 1 aliphatic heterocycles. The monoisotopic (exact) mass is 360 g/mol. The van der Waals surface area contributed by atoms with Crippen molar-refractivity contribution in [1.82, 2.24) is 24.0 Å². The molecule has 0 atom stereocenters. The van der Waals surface area contributed by atoms with Crippen LogP contribution in [0.2, 0.25) is 0 Å². The first kappa shape index (κ1) is 16.2. The van der Waals surface area contributed by atoms with Crippen LogP contribution in [-0.2, 0) is 11.2 Å². The van der Waals surface area contributed by atoms with Gasteiger partial charge in [0.1, 0.15) is 11.9 Å². The van der Waals surface area contributed by atoms with Crippen LogP contribution in [0, 0.1) is 0 Å². The van der Waals surface area contributed by atoms with Gasteiger partial charge in [0.2, 0.25) is 11.0 Å². The van der Waals surface area contributed by atoms with E-state index in [1.54, 1.807) is 17.8 Å². The van der Waals surface area contributed by atoms with Gasteiger partial charge >= 0.3 is 0 Å². The Labute approximate surface area is 149 Å². The molecule has 0 amide bonds. The summed E-state index contributed by atoms with van der Waals surface area (Å²) in [6, 6.07) is 3.73. The molecule has 0 spiro atoms.